The first-order chi connectivity index (χ1) is 18.8. The molecule has 3 saturated heterocycles. The summed E-state index contributed by atoms with van der Waals surface area (Å²) in [6.45, 7) is 10.1. The smallest absolute Gasteiger partial charge is 0.313 e. The molecule has 3 aliphatic rings. The summed E-state index contributed by atoms with van der Waals surface area (Å²) in [5, 5.41) is 9.25. The van der Waals surface area contributed by atoms with Gasteiger partial charge in [0.05, 0.1) is 18.6 Å². The van der Waals surface area contributed by atoms with Crippen LogP contribution in [0.25, 0.3) is 0 Å². The van der Waals surface area contributed by atoms with Crippen LogP contribution in [-0.2, 0) is 23.9 Å². The number of aliphatic hydroxyl groups excluding tert-OH is 1. The van der Waals surface area contributed by atoms with Crippen LogP contribution in [0.2, 0.25) is 0 Å². The van der Waals surface area contributed by atoms with Crippen molar-refractivity contribution in [3.63, 3.8) is 0 Å². The van der Waals surface area contributed by atoms with E-state index in [-0.39, 0.29) is 31.6 Å². The Bertz CT molecular complexity index is 1090. The van der Waals surface area contributed by atoms with Gasteiger partial charge in [-0.25, -0.2) is 0 Å². The topological polar surface area (TPSA) is 106 Å². The molecule has 4 rings (SSSR count). The summed E-state index contributed by atoms with van der Waals surface area (Å²) >= 11 is 0. The first-order valence-electron chi connectivity index (χ1n) is 13.8. The lowest BCUT2D eigenvalue weighted by Crippen LogP contribution is -2.56. The number of nitrogens with zero attached hydrogens (tertiary/aromatic N) is 2. The molecule has 9 nitrogen and oxygen atoms in total. The van der Waals surface area contributed by atoms with E-state index in [1.54, 1.807) is 47.3 Å². The number of amides is 2. The highest BCUT2D eigenvalue weighted by Crippen LogP contribution is 2.64. The zero-order chi connectivity index (χ0) is 28.2. The number of fused-ring (bicyclic) bond motifs is 1. The first-order valence-corrected chi connectivity index (χ1v) is 13.8. The van der Waals surface area contributed by atoms with E-state index in [0.29, 0.717) is 56.5 Å². The van der Waals surface area contributed by atoms with Crippen molar-refractivity contribution in [1.82, 2.24) is 4.90 Å². The number of hydrogen-bond donors (Lipinski definition) is 1. The molecule has 0 aliphatic carbocycles. The van der Waals surface area contributed by atoms with Crippen LogP contribution in [0, 0.1) is 11.8 Å². The van der Waals surface area contributed by atoms with Crippen LogP contribution in [0.1, 0.15) is 45.4 Å². The third-order valence-corrected chi connectivity index (χ3v) is 8.53. The second kappa shape index (κ2) is 11.9. The Balaban J connectivity index is 1.76. The van der Waals surface area contributed by atoms with Gasteiger partial charge in [-0.3, -0.25) is 14.4 Å². The number of methoxy groups -OCH3 is 1. The van der Waals surface area contributed by atoms with Crippen molar-refractivity contribution in [1.29, 1.82) is 0 Å². The summed E-state index contributed by atoms with van der Waals surface area (Å²) in [5.41, 5.74) is -1.35. The zero-order valence-corrected chi connectivity index (χ0v) is 23.0. The Morgan fingerprint density at radius 3 is 2.54 bits per heavy atom. The SMILES string of the molecule is C=CCOC(=O)[C@H]1[C@H]2C(=O)N(CCCCCO)C(C(=O)N(CC=C)c3ccc(OC)cc3)C23CC[C@]1(CC)O3. The Morgan fingerprint density at radius 2 is 1.92 bits per heavy atom. The van der Waals surface area contributed by atoms with Gasteiger partial charge < -0.3 is 29.1 Å². The average molecular weight is 541 g/mol. The first kappa shape index (κ1) is 28.8. The molecule has 1 aromatic carbocycles. The number of esters is 1. The number of carbonyl (C=O) groups excluding carboxylic acids is 3. The van der Waals surface area contributed by atoms with Crippen molar-refractivity contribution in [3.05, 3.63) is 49.6 Å². The summed E-state index contributed by atoms with van der Waals surface area (Å²) in [6, 6.07) is 6.25. The van der Waals surface area contributed by atoms with Crippen molar-refractivity contribution >= 4 is 23.5 Å². The Kier molecular flexibility index (Phi) is 8.81. The van der Waals surface area contributed by atoms with Gasteiger partial charge in [-0.1, -0.05) is 25.7 Å². The monoisotopic (exact) mass is 540 g/mol. The van der Waals surface area contributed by atoms with Crippen molar-refractivity contribution in [2.45, 2.75) is 62.7 Å². The van der Waals surface area contributed by atoms with Crippen molar-refractivity contribution in [2.75, 3.05) is 38.3 Å². The van der Waals surface area contributed by atoms with E-state index < -0.39 is 35.0 Å². The van der Waals surface area contributed by atoms with E-state index >= 15 is 0 Å². The molecule has 5 atom stereocenters. The van der Waals surface area contributed by atoms with Crippen LogP contribution >= 0.6 is 0 Å². The Hall–Kier alpha value is -3.17. The van der Waals surface area contributed by atoms with Gasteiger partial charge in [0.2, 0.25) is 5.91 Å². The number of hydrogen-bond acceptors (Lipinski definition) is 7. The molecule has 1 N–H and O–H groups in total. The van der Waals surface area contributed by atoms with Crippen LogP contribution in [-0.4, -0.2) is 78.4 Å². The highest BCUT2D eigenvalue weighted by Gasteiger charge is 2.79. The van der Waals surface area contributed by atoms with E-state index in [1.165, 1.54) is 6.08 Å². The number of aliphatic hydroxyl groups is 1. The highest BCUT2D eigenvalue weighted by molar-refractivity contribution is 6.04. The van der Waals surface area contributed by atoms with Gasteiger partial charge in [0, 0.05) is 25.4 Å². The number of anilines is 1. The largest absolute Gasteiger partial charge is 0.497 e. The third-order valence-electron chi connectivity index (χ3n) is 8.53. The molecule has 3 heterocycles. The molecule has 0 radical (unpaired) electrons. The van der Waals surface area contributed by atoms with Gasteiger partial charge in [-0.15, -0.1) is 6.58 Å². The fourth-order valence-electron chi connectivity index (χ4n) is 6.76. The molecular weight excluding hydrogens is 500 g/mol. The molecule has 212 valence electrons. The molecule has 3 aliphatic heterocycles. The maximum absolute atomic E-state index is 14.5. The van der Waals surface area contributed by atoms with Crippen LogP contribution in [0.3, 0.4) is 0 Å². The Morgan fingerprint density at radius 1 is 1.18 bits per heavy atom. The fourth-order valence-corrected chi connectivity index (χ4v) is 6.76. The molecule has 9 heteroatoms. The minimum absolute atomic E-state index is 0.0425. The van der Waals surface area contributed by atoms with Gasteiger partial charge in [0.1, 0.15) is 29.9 Å². The van der Waals surface area contributed by atoms with Crippen LogP contribution in [0.5, 0.6) is 5.75 Å². The summed E-state index contributed by atoms with van der Waals surface area (Å²) in [6.07, 6.45) is 6.66. The predicted octanol–water partition coefficient (Wildman–Crippen LogP) is 3.26. The van der Waals surface area contributed by atoms with Gasteiger partial charge in [0.15, 0.2) is 0 Å². The number of rotatable bonds is 14. The molecule has 2 amide bonds. The highest BCUT2D eigenvalue weighted by atomic mass is 16.6. The molecule has 1 spiro atoms. The lowest BCUT2D eigenvalue weighted by molar-refractivity contribution is -0.159. The van der Waals surface area contributed by atoms with Gasteiger partial charge in [-0.05, 0) is 62.8 Å². The van der Waals surface area contributed by atoms with Gasteiger partial charge in [-0.2, -0.15) is 0 Å². The quantitative estimate of drug-likeness (QED) is 0.219. The average Bonchev–Trinajstić information content (AvgIpc) is 3.56. The zero-order valence-electron chi connectivity index (χ0n) is 23.0. The number of ether oxygens (including phenoxy) is 3. The summed E-state index contributed by atoms with van der Waals surface area (Å²) in [5.74, 6) is -1.95. The summed E-state index contributed by atoms with van der Waals surface area (Å²) in [7, 11) is 1.58. The molecule has 2 bridgehead atoms. The van der Waals surface area contributed by atoms with E-state index in [2.05, 4.69) is 13.2 Å². The van der Waals surface area contributed by atoms with Crippen molar-refractivity contribution < 1.29 is 33.7 Å². The lowest BCUT2D eigenvalue weighted by Gasteiger charge is -2.37. The molecule has 3 fully saturated rings. The molecule has 1 aromatic rings. The molecule has 2 unspecified atom stereocenters. The van der Waals surface area contributed by atoms with Crippen molar-refractivity contribution in [3.8, 4) is 5.75 Å². The standard InChI is InChI=1S/C30H40N2O7/c1-5-17-31(21-11-13-22(37-4)14-12-21)27(35)25-30-16-15-29(7-3,39-30)24(28(36)38-20-6-2)23(30)26(34)32(25)18-9-8-10-19-33/h5-6,11-14,23-25,33H,1-2,7-10,15-20H2,3-4H3/t23-,24+,25?,29-,30?/m0/s1. The number of unbranched alkanes of at least 4 members (excludes halogenated alkanes) is 2. The minimum Gasteiger partial charge on any atom is -0.497 e. The molecular formula is C30H40N2O7. The van der Waals surface area contributed by atoms with Crippen LogP contribution in [0.4, 0.5) is 5.69 Å². The predicted molar refractivity (Wildman–Crippen MR) is 146 cm³/mol. The lowest BCUT2D eigenvalue weighted by atomic mass is 9.65. The maximum atomic E-state index is 14.5. The van der Waals surface area contributed by atoms with E-state index in [4.69, 9.17) is 14.2 Å². The third kappa shape index (κ3) is 4.87. The van der Waals surface area contributed by atoms with Crippen LogP contribution in [0.15, 0.2) is 49.6 Å². The number of carbonyl (C=O) groups is 3. The summed E-state index contributed by atoms with van der Waals surface area (Å²) in [4.78, 5) is 45.3. The molecule has 39 heavy (non-hydrogen) atoms. The van der Waals surface area contributed by atoms with E-state index in [1.807, 2.05) is 6.92 Å². The summed E-state index contributed by atoms with van der Waals surface area (Å²) < 4.78 is 17.5. The number of benzene rings is 1. The normalized spacial score (nSPS) is 28.7. The maximum Gasteiger partial charge on any atom is 0.313 e. The fraction of sp³-hybridized carbons (Fsp3) is 0.567. The minimum atomic E-state index is -1.13. The second-order valence-electron chi connectivity index (χ2n) is 10.5. The van der Waals surface area contributed by atoms with Crippen molar-refractivity contribution in [2.24, 2.45) is 11.8 Å². The van der Waals surface area contributed by atoms with E-state index in [0.717, 1.165) is 0 Å². The molecule has 0 aromatic heterocycles. The van der Waals surface area contributed by atoms with E-state index in [9.17, 15) is 19.5 Å². The Labute approximate surface area is 230 Å². The van der Waals surface area contributed by atoms with Gasteiger partial charge >= 0.3 is 5.97 Å². The van der Waals surface area contributed by atoms with Gasteiger partial charge in [0.25, 0.3) is 5.91 Å². The number of likely N-dealkylation sites (tertiary alicyclic amines) is 1. The van der Waals surface area contributed by atoms with Crippen LogP contribution < -0.4 is 9.64 Å². The second-order valence-corrected chi connectivity index (χ2v) is 10.5. The molecule has 0 saturated carbocycles.